The Balaban J connectivity index is 2.03. The molecular formula is C12H23NO. The molecule has 3 unspecified atom stereocenters. The monoisotopic (exact) mass is 197 g/mol. The highest BCUT2D eigenvalue weighted by atomic mass is 16.3. The summed E-state index contributed by atoms with van der Waals surface area (Å²) in [6, 6.07) is 0.363. The highest BCUT2D eigenvalue weighted by Gasteiger charge is 2.44. The topological polar surface area (TPSA) is 32.3 Å². The second-order valence-corrected chi connectivity index (χ2v) is 5.14. The minimum absolute atomic E-state index is 0.363. The van der Waals surface area contributed by atoms with Gasteiger partial charge in [0.2, 0.25) is 0 Å². The van der Waals surface area contributed by atoms with E-state index in [0.29, 0.717) is 12.0 Å². The Labute approximate surface area is 87.1 Å². The highest BCUT2D eigenvalue weighted by molar-refractivity contribution is 4.99. The third kappa shape index (κ3) is 1.82. The van der Waals surface area contributed by atoms with Crippen LogP contribution < -0.4 is 5.32 Å². The van der Waals surface area contributed by atoms with E-state index in [4.69, 9.17) is 0 Å². The van der Waals surface area contributed by atoms with Gasteiger partial charge in [-0.05, 0) is 38.1 Å². The van der Waals surface area contributed by atoms with Gasteiger partial charge in [0.25, 0.3) is 0 Å². The molecule has 2 nitrogen and oxygen atoms in total. The Kier molecular flexibility index (Phi) is 3.13. The first-order valence-electron chi connectivity index (χ1n) is 6.19. The summed E-state index contributed by atoms with van der Waals surface area (Å²) in [6.45, 7) is 3.30. The van der Waals surface area contributed by atoms with Gasteiger partial charge in [0.1, 0.15) is 0 Å². The van der Waals surface area contributed by atoms with Crippen molar-refractivity contribution in [2.75, 3.05) is 6.54 Å². The molecule has 1 aliphatic carbocycles. The fourth-order valence-electron chi connectivity index (χ4n) is 3.16. The van der Waals surface area contributed by atoms with Gasteiger partial charge in [0.05, 0.1) is 5.60 Å². The zero-order valence-corrected chi connectivity index (χ0v) is 9.26. The van der Waals surface area contributed by atoms with E-state index in [1.54, 1.807) is 0 Å². The van der Waals surface area contributed by atoms with Crippen molar-refractivity contribution in [1.82, 2.24) is 5.32 Å². The van der Waals surface area contributed by atoms with Gasteiger partial charge < -0.3 is 10.4 Å². The van der Waals surface area contributed by atoms with Gasteiger partial charge in [0, 0.05) is 6.04 Å². The van der Waals surface area contributed by atoms with E-state index in [1.807, 2.05) is 0 Å². The molecule has 1 saturated carbocycles. The van der Waals surface area contributed by atoms with Crippen LogP contribution in [0.1, 0.15) is 51.9 Å². The first-order valence-corrected chi connectivity index (χ1v) is 6.19. The lowest BCUT2D eigenvalue weighted by Crippen LogP contribution is -2.52. The standard InChI is InChI=1S/C12H23NO/c1-10-6-5-8-12(10,14)11-7-3-2-4-9-13-11/h10-11,13-14H,2-9H2,1H3. The Hall–Kier alpha value is -0.0800. The van der Waals surface area contributed by atoms with E-state index in [0.717, 1.165) is 13.0 Å². The van der Waals surface area contributed by atoms with Crippen molar-refractivity contribution < 1.29 is 5.11 Å². The summed E-state index contributed by atoms with van der Waals surface area (Å²) >= 11 is 0. The second-order valence-electron chi connectivity index (χ2n) is 5.14. The van der Waals surface area contributed by atoms with Crippen molar-refractivity contribution in [3.05, 3.63) is 0 Å². The molecule has 2 heteroatoms. The molecule has 0 radical (unpaired) electrons. The molecule has 82 valence electrons. The Bertz CT molecular complexity index is 187. The molecule has 2 N–H and O–H groups in total. The van der Waals surface area contributed by atoms with E-state index < -0.39 is 5.60 Å². The summed E-state index contributed by atoms with van der Waals surface area (Å²) in [6.07, 6.45) is 8.47. The van der Waals surface area contributed by atoms with Crippen LogP contribution in [0.5, 0.6) is 0 Å². The van der Waals surface area contributed by atoms with Crippen LogP contribution in [0.2, 0.25) is 0 Å². The van der Waals surface area contributed by atoms with Crippen LogP contribution in [0, 0.1) is 5.92 Å². The number of nitrogens with one attached hydrogen (secondary N) is 1. The molecule has 14 heavy (non-hydrogen) atoms. The lowest BCUT2D eigenvalue weighted by molar-refractivity contribution is -0.0279. The maximum absolute atomic E-state index is 10.6. The molecule has 0 aromatic rings. The van der Waals surface area contributed by atoms with E-state index >= 15 is 0 Å². The zero-order valence-electron chi connectivity index (χ0n) is 9.26. The van der Waals surface area contributed by atoms with Gasteiger partial charge in [-0.15, -0.1) is 0 Å². The average molecular weight is 197 g/mol. The van der Waals surface area contributed by atoms with E-state index in [9.17, 15) is 5.11 Å². The molecule has 0 amide bonds. The van der Waals surface area contributed by atoms with Crippen molar-refractivity contribution in [2.45, 2.75) is 63.5 Å². The molecule has 0 aromatic carbocycles. The number of hydrogen-bond acceptors (Lipinski definition) is 2. The zero-order chi connectivity index (χ0) is 10.0. The summed E-state index contributed by atoms with van der Waals surface area (Å²) in [5, 5.41) is 14.2. The lowest BCUT2D eigenvalue weighted by Gasteiger charge is -2.36. The van der Waals surface area contributed by atoms with Crippen LogP contribution in [0.4, 0.5) is 0 Å². The molecule has 1 aliphatic heterocycles. The largest absolute Gasteiger partial charge is 0.388 e. The van der Waals surface area contributed by atoms with Crippen molar-refractivity contribution in [1.29, 1.82) is 0 Å². The minimum Gasteiger partial charge on any atom is -0.388 e. The van der Waals surface area contributed by atoms with E-state index in [1.165, 1.54) is 38.5 Å². The summed E-state index contributed by atoms with van der Waals surface area (Å²) in [7, 11) is 0. The summed E-state index contributed by atoms with van der Waals surface area (Å²) in [5.41, 5.74) is -0.398. The fourth-order valence-corrected chi connectivity index (χ4v) is 3.16. The SMILES string of the molecule is CC1CCCC1(O)C1CCCCCN1. The normalized spacial score (nSPS) is 45.0. The van der Waals surface area contributed by atoms with Crippen LogP contribution in [-0.2, 0) is 0 Å². The van der Waals surface area contributed by atoms with Crippen molar-refractivity contribution in [3.63, 3.8) is 0 Å². The predicted octanol–water partition coefficient (Wildman–Crippen LogP) is 2.07. The molecule has 0 bridgehead atoms. The maximum atomic E-state index is 10.6. The minimum atomic E-state index is -0.398. The summed E-state index contributed by atoms with van der Waals surface area (Å²) in [5.74, 6) is 0.484. The highest BCUT2D eigenvalue weighted by Crippen LogP contribution is 2.39. The van der Waals surface area contributed by atoms with E-state index in [2.05, 4.69) is 12.2 Å². The van der Waals surface area contributed by atoms with Gasteiger partial charge >= 0.3 is 0 Å². The number of aliphatic hydroxyl groups is 1. The molecule has 2 rings (SSSR count). The lowest BCUT2D eigenvalue weighted by atomic mass is 9.83. The molecular weight excluding hydrogens is 174 g/mol. The van der Waals surface area contributed by atoms with Crippen molar-refractivity contribution >= 4 is 0 Å². The summed E-state index contributed by atoms with van der Waals surface area (Å²) in [4.78, 5) is 0. The van der Waals surface area contributed by atoms with Gasteiger partial charge in [-0.3, -0.25) is 0 Å². The Morgan fingerprint density at radius 2 is 2.00 bits per heavy atom. The van der Waals surface area contributed by atoms with Crippen LogP contribution in [-0.4, -0.2) is 23.3 Å². The first-order chi connectivity index (χ1) is 6.73. The average Bonchev–Trinajstić information content (AvgIpc) is 2.47. The van der Waals surface area contributed by atoms with Gasteiger partial charge in [-0.1, -0.05) is 26.2 Å². The van der Waals surface area contributed by atoms with Crippen LogP contribution in [0.15, 0.2) is 0 Å². The Morgan fingerprint density at radius 1 is 1.14 bits per heavy atom. The summed E-state index contributed by atoms with van der Waals surface area (Å²) < 4.78 is 0. The quantitative estimate of drug-likeness (QED) is 0.674. The third-order valence-corrected chi connectivity index (χ3v) is 4.23. The fraction of sp³-hybridized carbons (Fsp3) is 1.00. The van der Waals surface area contributed by atoms with Crippen molar-refractivity contribution in [2.24, 2.45) is 5.92 Å². The Morgan fingerprint density at radius 3 is 2.71 bits per heavy atom. The second kappa shape index (κ2) is 4.19. The molecule has 1 saturated heterocycles. The van der Waals surface area contributed by atoms with E-state index in [-0.39, 0.29) is 0 Å². The molecule has 2 fully saturated rings. The number of hydrogen-bond donors (Lipinski definition) is 2. The van der Waals surface area contributed by atoms with Gasteiger partial charge in [-0.25, -0.2) is 0 Å². The number of rotatable bonds is 1. The molecule has 2 aliphatic rings. The van der Waals surface area contributed by atoms with Gasteiger partial charge in [0.15, 0.2) is 0 Å². The third-order valence-electron chi connectivity index (χ3n) is 4.23. The molecule has 0 spiro atoms. The van der Waals surface area contributed by atoms with Crippen LogP contribution in [0.25, 0.3) is 0 Å². The molecule has 3 atom stereocenters. The first kappa shape index (κ1) is 10.4. The van der Waals surface area contributed by atoms with Crippen LogP contribution >= 0.6 is 0 Å². The smallest absolute Gasteiger partial charge is 0.0825 e. The molecule has 1 heterocycles. The molecule has 0 aromatic heterocycles. The predicted molar refractivity (Wildman–Crippen MR) is 58.2 cm³/mol. The maximum Gasteiger partial charge on any atom is 0.0825 e. The van der Waals surface area contributed by atoms with Gasteiger partial charge in [-0.2, -0.15) is 0 Å². The van der Waals surface area contributed by atoms with Crippen LogP contribution in [0.3, 0.4) is 0 Å². The van der Waals surface area contributed by atoms with Crippen molar-refractivity contribution in [3.8, 4) is 0 Å².